The Morgan fingerprint density at radius 2 is 1.74 bits per heavy atom. The van der Waals surface area contributed by atoms with Crippen molar-refractivity contribution < 1.29 is 19.1 Å². The molecule has 6 heteroatoms. The molecule has 3 rings (SSSR count). The summed E-state index contributed by atoms with van der Waals surface area (Å²) < 4.78 is 12.1. The number of carbonyl (C=O) groups is 2. The van der Waals surface area contributed by atoms with Gasteiger partial charge in [0.15, 0.2) is 5.92 Å². The van der Waals surface area contributed by atoms with Crippen LogP contribution < -0.4 is 0 Å². The molecule has 1 aromatic heterocycles. The fourth-order valence-corrected chi connectivity index (χ4v) is 2.64. The highest BCUT2D eigenvalue weighted by Crippen LogP contribution is 2.30. The van der Waals surface area contributed by atoms with Crippen LogP contribution in [0.4, 0.5) is 0 Å². The first-order chi connectivity index (χ1) is 10.9. The number of hydrogen-bond acceptors (Lipinski definition) is 5. The highest BCUT2D eigenvalue weighted by molar-refractivity contribution is 6.02. The molecule has 1 aliphatic rings. The summed E-state index contributed by atoms with van der Waals surface area (Å²) in [6.07, 6.45) is 0. The SMILES string of the molecule is Cc1cc(C2C(=O)OC(C)(C)OC2=O)n(Cc2ccccc2)n1. The predicted octanol–water partition coefficient (Wildman–Crippen LogP) is 2.16. The maximum atomic E-state index is 12.3. The highest BCUT2D eigenvalue weighted by Gasteiger charge is 2.45. The van der Waals surface area contributed by atoms with Crippen LogP contribution in [0.15, 0.2) is 36.4 Å². The van der Waals surface area contributed by atoms with Gasteiger partial charge < -0.3 is 9.47 Å². The maximum Gasteiger partial charge on any atom is 0.329 e. The summed E-state index contributed by atoms with van der Waals surface area (Å²) in [6, 6.07) is 11.4. The topological polar surface area (TPSA) is 70.4 Å². The van der Waals surface area contributed by atoms with Crippen LogP contribution in [0.2, 0.25) is 0 Å². The van der Waals surface area contributed by atoms with E-state index in [2.05, 4.69) is 5.10 Å². The van der Waals surface area contributed by atoms with Crippen LogP contribution >= 0.6 is 0 Å². The van der Waals surface area contributed by atoms with Crippen molar-refractivity contribution in [1.82, 2.24) is 9.78 Å². The van der Waals surface area contributed by atoms with Gasteiger partial charge in [0.1, 0.15) is 0 Å². The first-order valence-corrected chi connectivity index (χ1v) is 7.40. The van der Waals surface area contributed by atoms with E-state index in [1.54, 1.807) is 10.7 Å². The summed E-state index contributed by atoms with van der Waals surface area (Å²) in [4.78, 5) is 24.5. The molecular formula is C17H18N2O4. The van der Waals surface area contributed by atoms with Gasteiger partial charge in [0.05, 0.1) is 17.9 Å². The minimum absolute atomic E-state index is 0.463. The largest absolute Gasteiger partial charge is 0.422 e. The lowest BCUT2D eigenvalue weighted by Gasteiger charge is -2.32. The Morgan fingerprint density at radius 1 is 1.13 bits per heavy atom. The Labute approximate surface area is 134 Å². The van der Waals surface area contributed by atoms with Crippen molar-refractivity contribution in [3.63, 3.8) is 0 Å². The summed E-state index contributed by atoms with van der Waals surface area (Å²) >= 11 is 0. The van der Waals surface area contributed by atoms with Crippen molar-refractivity contribution in [2.24, 2.45) is 0 Å². The number of ether oxygens (including phenoxy) is 2. The normalized spacial score (nSPS) is 17.7. The number of cyclic esters (lactones) is 2. The van der Waals surface area contributed by atoms with E-state index in [-0.39, 0.29) is 0 Å². The molecule has 1 saturated heterocycles. The van der Waals surface area contributed by atoms with Crippen molar-refractivity contribution in [2.45, 2.75) is 39.0 Å². The summed E-state index contributed by atoms with van der Waals surface area (Å²) in [6.45, 7) is 5.34. The molecule has 0 atom stereocenters. The van der Waals surface area contributed by atoms with Crippen LogP contribution in [0.3, 0.4) is 0 Å². The third kappa shape index (κ3) is 3.11. The Morgan fingerprint density at radius 3 is 2.35 bits per heavy atom. The van der Waals surface area contributed by atoms with Gasteiger partial charge in [0.25, 0.3) is 5.79 Å². The van der Waals surface area contributed by atoms with Crippen LogP contribution in [0.1, 0.15) is 36.7 Å². The van der Waals surface area contributed by atoms with E-state index < -0.39 is 23.6 Å². The average molecular weight is 314 g/mol. The van der Waals surface area contributed by atoms with Gasteiger partial charge in [0, 0.05) is 13.8 Å². The van der Waals surface area contributed by atoms with Crippen LogP contribution in [0.25, 0.3) is 0 Å². The number of carbonyl (C=O) groups excluding carboxylic acids is 2. The minimum Gasteiger partial charge on any atom is -0.422 e. The Kier molecular flexibility index (Phi) is 3.67. The predicted molar refractivity (Wildman–Crippen MR) is 81.5 cm³/mol. The molecule has 1 fully saturated rings. The number of aromatic nitrogens is 2. The summed E-state index contributed by atoms with van der Waals surface area (Å²) in [5.74, 6) is -3.56. The molecule has 1 aliphatic heterocycles. The second kappa shape index (κ2) is 5.53. The number of hydrogen-bond donors (Lipinski definition) is 0. The molecule has 120 valence electrons. The van der Waals surface area contributed by atoms with Gasteiger partial charge in [-0.05, 0) is 18.6 Å². The molecule has 0 radical (unpaired) electrons. The molecule has 0 bridgehead atoms. The smallest absolute Gasteiger partial charge is 0.329 e. The van der Waals surface area contributed by atoms with Crippen molar-refractivity contribution in [1.29, 1.82) is 0 Å². The fourth-order valence-electron chi connectivity index (χ4n) is 2.64. The summed E-state index contributed by atoms with van der Waals surface area (Å²) in [5.41, 5.74) is 2.23. The van der Waals surface area contributed by atoms with Crippen molar-refractivity contribution in [3.05, 3.63) is 53.3 Å². The van der Waals surface area contributed by atoms with Gasteiger partial charge in [-0.2, -0.15) is 5.10 Å². The fraction of sp³-hybridized carbons (Fsp3) is 0.353. The third-order valence-corrected chi connectivity index (χ3v) is 3.57. The van der Waals surface area contributed by atoms with E-state index in [4.69, 9.17) is 9.47 Å². The molecule has 0 saturated carbocycles. The van der Waals surface area contributed by atoms with E-state index >= 15 is 0 Å². The third-order valence-electron chi connectivity index (χ3n) is 3.57. The quantitative estimate of drug-likeness (QED) is 0.641. The Bertz CT molecular complexity index is 729. The van der Waals surface area contributed by atoms with Crippen LogP contribution in [-0.2, 0) is 25.6 Å². The lowest BCUT2D eigenvalue weighted by atomic mass is 10.0. The molecule has 2 aromatic rings. The molecule has 0 aliphatic carbocycles. The van der Waals surface area contributed by atoms with E-state index in [1.807, 2.05) is 37.3 Å². The summed E-state index contributed by atoms with van der Waals surface area (Å²) in [7, 11) is 0. The molecule has 0 amide bonds. The average Bonchev–Trinajstić information content (AvgIpc) is 2.78. The zero-order valence-corrected chi connectivity index (χ0v) is 13.3. The molecule has 23 heavy (non-hydrogen) atoms. The zero-order valence-electron chi connectivity index (χ0n) is 13.3. The molecule has 0 N–H and O–H groups in total. The van der Waals surface area contributed by atoms with Gasteiger partial charge in [0.2, 0.25) is 0 Å². The number of esters is 2. The Hall–Kier alpha value is -2.63. The van der Waals surface area contributed by atoms with Gasteiger partial charge in [-0.3, -0.25) is 14.3 Å². The second-order valence-corrected chi connectivity index (χ2v) is 6.03. The van der Waals surface area contributed by atoms with Gasteiger partial charge in [-0.1, -0.05) is 30.3 Å². The van der Waals surface area contributed by atoms with E-state index in [0.717, 1.165) is 11.3 Å². The molecule has 0 spiro atoms. The lowest BCUT2D eigenvalue weighted by Crippen LogP contribution is -2.45. The number of aryl methyl sites for hydroxylation is 1. The van der Waals surface area contributed by atoms with Crippen LogP contribution in [0.5, 0.6) is 0 Å². The van der Waals surface area contributed by atoms with E-state index in [9.17, 15) is 9.59 Å². The minimum atomic E-state index is -1.23. The molecule has 6 nitrogen and oxygen atoms in total. The zero-order chi connectivity index (χ0) is 16.6. The summed E-state index contributed by atoms with van der Waals surface area (Å²) in [5, 5.41) is 4.39. The van der Waals surface area contributed by atoms with Crippen molar-refractivity contribution in [3.8, 4) is 0 Å². The van der Waals surface area contributed by atoms with Gasteiger partial charge in [-0.25, -0.2) is 0 Å². The lowest BCUT2D eigenvalue weighted by molar-refractivity contribution is -0.235. The first kappa shape index (κ1) is 15.3. The first-order valence-electron chi connectivity index (χ1n) is 7.40. The number of rotatable bonds is 3. The van der Waals surface area contributed by atoms with E-state index in [0.29, 0.717) is 12.2 Å². The second-order valence-electron chi connectivity index (χ2n) is 6.03. The van der Waals surface area contributed by atoms with Gasteiger partial charge >= 0.3 is 11.9 Å². The van der Waals surface area contributed by atoms with Crippen LogP contribution in [0, 0.1) is 6.92 Å². The molecule has 0 unspecified atom stereocenters. The van der Waals surface area contributed by atoms with E-state index in [1.165, 1.54) is 13.8 Å². The number of nitrogens with zero attached hydrogens (tertiary/aromatic N) is 2. The van der Waals surface area contributed by atoms with Crippen LogP contribution in [-0.4, -0.2) is 27.5 Å². The van der Waals surface area contributed by atoms with Crippen molar-refractivity contribution >= 4 is 11.9 Å². The molecule has 1 aromatic carbocycles. The molecular weight excluding hydrogens is 296 g/mol. The Balaban J connectivity index is 1.94. The number of benzene rings is 1. The maximum absolute atomic E-state index is 12.3. The monoisotopic (exact) mass is 314 g/mol. The standard InChI is InChI=1S/C17H18N2O4/c1-11-9-13(14-15(20)22-17(2,3)23-16(14)21)19(18-11)10-12-7-5-4-6-8-12/h4-9,14H,10H2,1-3H3. The van der Waals surface area contributed by atoms with Gasteiger partial charge in [-0.15, -0.1) is 0 Å². The van der Waals surface area contributed by atoms with Crippen molar-refractivity contribution in [2.75, 3.05) is 0 Å². The molecule has 2 heterocycles. The highest BCUT2D eigenvalue weighted by atomic mass is 16.7.